The second kappa shape index (κ2) is 10.1. The summed E-state index contributed by atoms with van der Waals surface area (Å²) in [6.07, 6.45) is 0.137. The molecule has 3 amide bonds. The van der Waals surface area contributed by atoms with Gasteiger partial charge in [-0.2, -0.15) is 0 Å². The molecule has 6 nitrogen and oxygen atoms in total. The average Bonchev–Trinajstić information content (AvgIpc) is 3.20. The van der Waals surface area contributed by atoms with Crippen molar-refractivity contribution in [2.24, 2.45) is 5.92 Å². The molecule has 1 saturated heterocycles. The van der Waals surface area contributed by atoms with E-state index in [4.69, 9.17) is 0 Å². The molecule has 168 valence electrons. The number of para-hydroxylation sites is 1. The van der Waals surface area contributed by atoms with Gasteiger partial charge >= 0.3 is 0 Å². The van der Waals surface area contributed by atoms with E-state index in [0.717, 1.165) is 11.1 Å². The monoisotopic (exact) mass is 445 g/mol. The van der Waals surface area contributed by atoms with Gasteiger partial charge in [0.25, 0.3) is 5.91 Å². The Balaban J connectivity index is 1.38. The van der Waals surface area contributed by atoms with E-state index in [9.17, 15) is 18.8 Å². The Morgan fingerprint density at radius 1 is 0.909 bits per heavy atom. The molecule has 7 heteroatoms. The molecular formula is C26H24FN3O3. The predicted octanol–water partition coefficient (Wildman–Crippen LogP) is 3.74. The van der Waals surface area contributed by atoms with E-state index in [2.05, 4.69) is 10.6 Å². The van der Waals surface area contributed by atoms with Crippen LogP contribution in [0.2, 0.25) is 0 Å². The number of amides is 3. The van der Waals surface area contributed by atoms with Crippen molar-refractivity contribution < 1.29 is 18.8 Å². The summed E-state index contributed by atoms with van der Waals surface area (Å²) in [6.45, 7) is 1.03. The van der Waals surface area contributed by atoms with Gasteiger partial charge < -0.3 is 15.5 Å². The number of rotatable bonds is 7. The van der Waals surface area contributed by atoms with Crippen molar-refractivity contribution in [3.8, 4) is 0 Å². The summed E-state index contributed by atoms with van der Waals surface area (Å²) >= 11 is 0. The molecule has 0 unspecified atom stereocenters. The van der Waals surface area contributed by atoms with Crippen LogP contribution >= 0.6 is 0 Å². The van der Waals surface area contributed by atoms with Gasteiger partial charge in [-0.15, -0.1) is 0 Å². The number of anilines is 1. The first-order valence-electron chi connectivity index (χ1n) is 10.7. The third-order valence-corrected chi connectivity index (χ3v) is 5.60. The third-order valence-electron chi connectivity index (χ3n) is 5.60. The van der Waals surface area contributed by atoms with Crippen LogP contribution in [0.5, 0.6) is 0 Å². The van der Waals surface area contributed by atoms with E-state index in [-0.39, 0.29) is 36.5 Å². The summed E-state index contributed by atoms with van der Waals surface area (Å²) in [5.74, 6) is -1.55. The number of likely N-dealkylation sites (tertiary alicyclic amines) is 1. The lowest BCUT2D eigenvalue weighted by Crippen LogP contribution is -2.29. The first-order valence-corrected chi connectivity index (χ1v) is 10.7. The van der Waals surface area contributed by atoms with Crippen molar-refractivity contribution in [3.63, 3.8) is 0 Å². The maximum atomic E-state index is 13.1. The van der Waals surface area contributed by atoms with Crippen LogP contribution < -0.4 is 10.6 Å². The highest BCUT2D eigenvalue weighted by atomic mass is 19.1. The van der Waals surface area contributed by atoms with E-state index >= 15 is 0 Å². The molecule has 1 aliphatic rings. The Kier molecular flexibility index (Phi) is 6.78. The maximum absolute atomic E-state index is 13.1. The molecule has 3 aromatic rings. The van der Waals surface area contributed by atoms with E-state index in [1.54, 1.807) is 41.3 Å². The molecule has 0 saturated carbocycles. The number of nitrogens with zero attached hydrogens (tertiary/aromatic N) is 1. The molecule has 2 N–H and O–H groups in total. The summed E-state index contributed by atoms with van der Waals surface area (Å²) in [5, 5.41) is 5.60. The van der Waals surface area contributed by atoms with Crippen LogP contribution in [0.4, 0.5) is 10.1 Å². The van der Waals surface area contributed by atoms with Crippen molar-refractivity contribution in [3.05, 3.63) is 101 Å². The average molecular weight is 445 g/mol. The van der Waals surface area contributed by atoms with Gasteiger partial charge in [-0.3, -0.25) is 14.4 Å². The normalized spacial score (nSPS) is 15.4. The summed E-state index contributed by atoms with van der Waals surface area (Å²) in [5.41, 5.74) is 2.47. The molecule has 0 aromatic heterocycles. The van der Waals surface area contributed by atoms with Gasteiger partial charge in [-0.05, 0) is 35.4 Å². The van der Waals surface area contributed by atoms with E-state index in [1.807, 2.05) is 30.3 Å². The maximum Gasteiger partial charge on any atom is 0.253 e. The Morgan fingerprint density at radius 3 is 2.36 bits per heavy atom. The zero-order chi connectivity index (χ0) is 23.2. The van der Waals surface area contributed by atoms with E-state index < -0.39 is 5.92 Å². The summed E-state index contributed by atoms with van der Waals surface area (Å²) in [7, 11) is 0. The Morgan fingerprint density at radius 2 is 1.61 bits per heavy atom. The Bertz CT molecular complexity index is 1150. The van der Waals surface area contributed by atoms with Crippen LogP contribution in [-0.4, -0.2) is 29.2 Å². The highest BCUT2D eigenvalue weighted by Crippen LogP contribution is 2.23. The van der Waals surface area contributed by atoms with Crippen LogP contribution in [0.15, 0.2) is 78.9 Å². The van der Waals surface area contributed by atoms with E-state index in [0.29, 0.717) is 24.3 Å². The minimum absolute atomic E-state index is 0.0654. The molecule has 1 heterocycles. The lowest BCUT2D eigenvalue weighted by atomic mass is 10.1. The number of benzene rings is 3. The molecular weight excluding hydrogens is 421 g/mol. The zero-order valence-corrected chi connectivity index (χ0v) is 18.0. The van der Waals surface area contributed by atoms with Crippen LogP contribution in [-0.2, 0) is 22.7 Å². The van der Waals surface area contributed by atoms with Crippen molar-refractivity contribution in [1.82, 2.24) is 10.2 Å². The van der Waals surface area contributed by atoms with E-state index in [1.165, 1.54) is 12.1 Å². The van der Waals surface area contributed by atoms with Gasteiger partial charge in [-0.1, -0.05) is 54.6 Å². The fraction of sp³-hybridized carbons (Fsp3) is 0.192. The largest absolute Gasteiger partial charge is 0.348 e. The van der Waals surface area contributed by atoms with Gasteiger partial charge in [0, 0.05) is 26.1 Å². The second-order valence-electron chi connectivity index (χ2n) is 8.00. The van der Waals surface area contributed by atoms with Crippen molar-refractivity contribution in [1.29, 1.82) is 0 Å². The SMILES string of the molecule is O=C(NCc1ccc(F)cc1)c1ccccc1NC(=O)[C@@H]1CC(=O)N(Cc2ccccc2)C1. The minimum Gasteiger partial charge on any atom is -0.348 e. The quantitative estimate of drug-likeness (QED) is 0.582. The number of halogens is 1. The second-order valence-corrected chi connectivity index (χ2v) is 8.00. The molecule has 1 fully saturated rings. The van der Waals surface area contributed by atoms with Gasteiger partial charge in [0.05, 0.1) is 17.2 Å². The minimum atomic E-state index is -0.489. The molecule has 0 bridgehead atoms. The van der Waals surface area contributed by atoms with Crippen molar-refractivity contribution >= 4 is 23.4 Å². The number of carbonyl (C=O) groups excluding carboxylic acids is 3. The molecule has 3 aromatic carbocycles. The van der Waals surface area contributed by atoms with Gasteiger partial charge in [0.2, 0.25) is 11.8 Å². The Labute approximate surface area is 191 Å². The summed E-state index contributed by atoms with van der Waals surface area (Å²) < 4.78 is 13.1. The van der Waals surface area contributed by atoms with Crippen LogP contribution in [0.25, 0.3) is 0 Å². The van der Waals surface area contributed by atoms with Crippen LogP contribution in [0.3, 0.4) is 0 Å². The topological polar surface area (TPSA) is 78.5 Å². The molecule has 4 rings (SSSR count). The van der Waals surface area contributed by atoms with Gasteiger partial charge in [0.15, 0.2) is 0 Å². The zero-order valence-electron chi connectivity index (χ0n) is 18.0. The number of nitrogens with one attached hydrogen (secondary N) is 2. The lowest BCUT2D eigenvalue weighted by molar-refractivity contribution is -0.128. The fourth-order valence-corrected chi connectivity index (χ4v) is 3.81. The number of carbonyl (C=O) groups is 3. The standard InChI is InChI=1S/C26H24FN3O3/c27-21-12-10-18(11-13-21)15-28-26(33)22-8-4-5-9-23(22)29-25(32)20-14-24(31)30(17-20)16-19-6-2-1-3-7-19/h1-13,20H,14-17H2,(H,28,33)(H,29,32)/t20-/m1/s1. The highest BCUT2D eigenvalue weighted by Gasteiger charge is 2.34. The van der Waals surface area contributed by atoms with Crippen LogP contribution in [0, 0.1) is 11.7 Å². The first-order chi connectivity index (χ1) is 16.0. The number of hydrogen-bond acceptors (Lipinski definition) is 3. The van der Waals surface area contributed by atoms with Crippen molar-refractivity contribution in [2.75, 3.05) is 11.9 Å². The molecule has 0 radical (unpaired) electrons. The summed E-state index contributed by atoms with van der Waals surface area (Å²) in [4.78, 5) is 39.7. The third kappa shape index (κ3) is 5.63. The molecule has 0 aliphatic carbocycles. The molecule has 1 aliphatic heterocycles. The fourth-order valence-electron chi connectivity index (χ4n) is 3.81. The summed E-state index contributed by atoms with van der Waals surface area (Å²) in [6, 6.07) is 22.2. The first kappa shape index (κ1) is 22.2. The van der Waals surface area contributed by atoms with Crippen LogP contribution in [0.1, 0.15) is 27.9 Å². The highest BCUT2D eigenvalue weighted by molar-refractivity contribution is 6.05. The molecule has 1 atom stereocenters. The number of hydrogen-bond donors (Lipinski definition) is 2. The van der Waals surface area contributed by atoms with Gasteiger partial charge in [-0.25, -0.2) is 4.39 Å². The predicted molar refractivity (Wildman–Crippen MR) is 123 cm³/mol. The molecule has 0 spiro atoms. The molecule has 33 heavy (non-hydrogen) atoms. The van der Waals surface area contributed by atoms with Gasteiger partial charge in [0.1, 0.15) is 5.82 Å². The smallest absolute Gasteiger partial charge is 0.253 e. The van der Waals surface area contributed by atoms with Crippen molar-refractivity contribution in [2.45, 2.75) is 19.5 Å². The lowest BCUT2D eigenvalue weighted by Gasteiger charge is -2.17. The Hall–Kier alpha value is -4.00.